The molecular formula is C18H33IN4S. The lowest BCUT2D eigenvalue weighted by Gasteiger charge is -2.25. The Bertz CT molecular complexity index is 497. The van der Waals surface area contributed by atoms with Crippen LogP contribution in [0.15, 0.2) is 17.1 Å². The fourth-order valence-electron chi connectivity index (χ4n) is 3.25. The van der Waals surface area contributed by atoms with Crippen molar-refractivity contribution in [2.75, 3.05) is 27.2 Å². The van der Waals surface area contributed by atoms with Crippen LogP contribution in [0.4, 0.5) is 0 Å². The van der Waals surface area contributed by atoms with Gasteiger partial charge in [-0.2, -0.15) is 0 Å². The summed E-state index contributed by atoms with van der Waals surface area (Å²) in [7, 11) is 4.09. The van der Waals surface area contributed by atoms with E-state index in [-0.39, 0.29) is 24.0 Å². The summed E-state index contributed by atoms with van der Waals surface area (Å²) >= 11 is 1.88. The van der Waals surface area contributed by atoms with Crippen LogP contribution in [0.25, 0.3) is 0 Å². The molecule has 24 heavy (non-hydrogen) atoms. The van der Waals surface area contributed by atoms with Crippen molar-refractivity contribution in [1.82, 2.24) is 15.5 Å². The molecule has 2 rings (SSSR count). The topological polar surface area (TPSA) is 39.7 Å². The Balaban J connectivity index is 0.00000288. The molecule has 1 aromatic heterocycles. The number of rotatable bonds is 7. The minimum atomic E-state index is 0. The molecule has 1 aliphatic carbocycles. The molecule has 1 saturated carbocycles. The number of guanidine groups is 1. The molecule has 6 heteroatoms. The zero-order chi connectivity index (χ0) is 16.7. The van der Waals surface area contributed by atoms with Gasteiger partial charge in [0.05, 0.1) is 0 Å². The number of aryl methyl sites for hydroxylation is 1. The van der Waals surface area contributed by atoms with E-state index in [1.807, 2.05) is 18.4 Å². The number of halogens is 1. The lowest BCUT2D eigenvalue weighted by Crippen LogP contribution is -2.45. The van der Waals surface area contributed by atoms with Gasteiger partial charge in [0.2, 0.25) is 0 Å². The average Bonchev–Trinajstić information content (AvgIpc) is 3.17. The van der Waals surface area contributed by atoms with E-state index >= 15 is 0 Å². The van der Waals surface area contributed by atoms with Gasteiger partial charge in [-0.05, 0) is 45.9 Å². The normalized spacial score (nSPS) is 17.0. The first-order valence-electron chi connectivity index (χ1n) is 8.81. The van der Waals surface area contributed by atoms with Crippen LogP contribution in [0.2, 0.25) is 0 Å². The van der Waals surface area contributed by atoms with Gasteiger partial charge in [0, 0.05) is 48.4 Å². The number of aliphatic imine (C=N–C) groups is 1. The minimum Gasteiger partial charge on any atom is -0.355 e. The fraction of sp³-hybridized carbons (Fsp3) is 0.722. The molecule has 4 nitrogen and oxygen atoms in total. The molecule has 0 spiro atoms. The number of hydrogen-bond acceptors (Lipinski definition) is 3. The smallest absolute Gasteiger partial charge is 0.191 e. The molecule has 1 heterocycles. The van der Waals surface area contributed by atoms with Gasteiger partial charge in [0.25, 0.3) is 0 Å². The molecule has 0 amide bonds. The number of nitrogens with one attached hydrogen (secondary N) is 2. The van der Waals surface area contributed by atoms with Crippen LogP contribution in [0.5, 0.6) is 0 Å². The monoisotopic (exact) mass is 464 g/mol. The third-order valence-corrected chi connectivity index (χ3v) is 5.64. The Morgan fingerprint density at radius 2 is 2.08 bits per heavy atom. The van der Waals surface area contributed by atoms with Crippen molar-refractivity contribution in [1.29, 1.82) is 0 Å². The van der Waals surface area contributed by atoms with Crippen molar-refractivity contribution in [3.05, 3.63) is 21.9 Å². The van der Waals surface area contributed by atoms with Gasteiger partial charge in [0.1, 0.15) is 0 Å². The van der Waals surface area contributed by atoms with E-state index < -0.39 is 0 Å². The number of nitrogens with zero attached hydrogens (tertiary/aromatic N) is 2. The summed E-state index contributed by atoms with van der Waals surface area (Å²) in [6.07, 6.45) is 6.55. The van der Waals surface area contributed by atoms with Crippen molar-refractivity contribution in [3.8, 4) is 0 Å². The summed E-state index contributed by atoms with van der Waals surface area (Å²) in [5.41, 5.74) is 0. The predicted octanol–water partition coefficient (Wildman–Crippen LogP) is 3.64. The molecular weight excluding hydrogens is 431 g/mol. The van der Waals surface area contributed by atoms with E-state index in [9.17, 15) is 0 Å². The Labute approximate surface area is 168 Å². The Hall–Kier alpha value is -0.340. The highest BCUT2D eigenvalue weighted by Crippen LogP contribution is 2.21. The van der Waals surface area contributed by atoms with Gasteiger partial charge in [-0.15, -0.1) is 35.3 Å². The lowest BCUT2D eigenvalue weighted by molar-refractivity contribution is 0.249. The fourth-order valence-corrected chi connectivity index (χ4v) is 4.27. The van der Waals surface area contributed by atoms with Gasteiger partial charge >= 0.3 is 0 Å². The first-order chi connectivity index (χ1) is 11.1. The quantitative estimate of drug-likeness (QED) is 0.368. The Kier molecular flexibility index (Phi) is 10.2. The Morgan fingerprint density at radius 1 is 1.38 bits per heavy atom. The second-order valence-corrected chi connectivity index (χ2v) is 8.05. The van der Waals surface area contributed by atoms with Gasteiger partial charge in [-0.1, -0.05) is 12.8 Å². The van der Waals surface area contributed by atoms with Crippen molar-refractivity contribution >= 4 is 41.3 Å². The molecule has 1 unspecified atom stereocenters. The second-order valence-electron chi connectivity index (χ2n) is 6.68. The Morgan fingerprint density at radius 3 is 2.67 bits per heavy atom. The third kappa shape index (κ3) is 7.27. The highest BCUT2D eigenvalue weighted by Gasteiger charge is 2.18. The van der Waals surface area contributed by atoms with Crippen LogP contribution < -0.4 is 10.6 Å². The first-order valence-corrected chi connectivity index (χ1v) is 9.63. The summed E-state index contributed by atoms with van der Waals surface area (Å²) in [6.45, 7) is 6.39. The van der Waals surface area contributed by atoms with Crippen LogP contribution in [0.1, 0.15) is 42.4 Å². The lowest BCUT2D eigenvalue weighted by atomic mass is 10.2. The number of hydrogen-bond donors (Lipinski definition) is 2. The summed E-state index contributed by atoms with van der Waals surface area (Å²) in [5.74, 6) is 0.908. The largest absolute Gasteiger partial charge is 0.355 e. The average molecular weight is 464 g/mol. The number of thiophene rings is 1. The van der Waals surface area contributed by atoms with Gasteiger partial charge in [-0.25, -0.2) is 0 Å². The SMILES string of the molecule is CN=C(NCCN(C)C1CCCC1)NC(C)Cc1ccc(C)s1.I. The molecule has 0 aliphatic heterocycles. The second kappa shape index (κ2) is 11.3. The molecule has 1 aliphatic rings. The molecule has 0 saturated heterocycles. The van der Waals surface area contributed by atoms with Crippen molar-refractivity contribution in [2.45, 2.75) is 58.0 Å². The number of likely N-dealkylation sites (N-methyl/N-ethyl adjacent to an activating group) is 1. The van der Waals surface area contributed by atoms with Crippen LogP contribution in [-0.4, -0.2) is 50.1 Å². The molecule has 138 valence electrons. The van der Waals surface area contributed by atoms with Crippen LogP contribution in [0.3, 0.4) is 0 Å². The molecule has 2 N–H and O–H groups in total. The maximum atomic E-state index is 4.35. The molecule has 1 aromatic rings. The van der Waals surface area contributed by atoms with E-state index in [0.29, 0.717) is 6.04 Å². The zero-order valence-electron chi connectivity index (χ0n) is 15.5. The molecule has 0 radical (unpaired) electrons. The van der Waals surface area contributed by atoms with Crippen LogP contribution in [-0.2, 0) is 6.42 Å². The minimum absolute atomic E-state index is 0. The van der Waals surface area contributed by atoms with E-state index in [2.05, 4.69) is 53.6 Å². The first kappa shape index (κ1) is 21.7. The highest BCUT2D eigenvalue weighted by atomic mass is 127. The standard InChI is InChI=1S/C18H32N4S.HI/c1-14(13-17-10-9-15(2)23-17)21-18(19-3)20-11-12-22(4)16-7-5-6-8-16;/h9-10,14,16H,5-8,11-13H2,1-4H3,(H2,19,20,21);1H. The van der Waals surface area contributed by atoms with E-state index in [1.54, 1.807) is 0 Å². The van der Waals surface area contributed by atoms with Crippen molar-refractivity contribution in [3.63, 3.8) is 0 Å². The van der Waals surface area contributed by atoms with Crippen LogP contribution in [0, 0.1) is 6.92 Å². The molecule has 0 aromatic carbocycles. The van der Waals surface area contributed by atoms with Gasteiger partial charge in [0.15, 0.2) is 5.96 Å². The van der Waals surface area contributed by atoms with E-state index in [4.69, 9.17) is 0 Å². The zero-order valence-corrected chi connectivity index (χ0v) is 18.6. The highest BCUT2D eigenvalue weighted by molar-refractivity contribution is 14.0. The van der Waals surface area contributed by atoms with E-state index in [1.165, 1.54) is 35.4 Å². The molecule has 1 atom stereocenters. The van der Waals surface area contributed by atoms with Crippen LogP contribution >= 0.6 is 35.3 Å². The van der Waals surface area contributed by atoms with Gasteiger partial charge < -0.3 is 15.5 Å². The van der Waals surface area contributed by atoms with Gasteiger partial charge in [-0.3, -0.25) is 4.99 Å². The maximum absolute atomic E-state index is 4.35. The summed E-state index contributed by atoms with van der Waals surface area (Å²) in [6, 6.07) is 5.59. The van der Waals surface area contributed by atoms with Crippen molar-refractivity contribution < 1.29 is 0 Å². The van der Waals surface area contributed by atoms with E-state index in [0.717, 1.165) is 31.5 Å². The summed E-state index contributed by atoms with van der Waals surface area (Å²) < 4.78 is 0. The predicted molar refractivity (Wildman–Crippen MR) is 117 cm³/mol. The maximum Gasteiger partial charge on any atom is 0.191 e. The molecule has 0 bridgehead atoms. The third-order valence-electron chi connectivity index (χ3n) is 4.62. The van der Waals surface area contributed by atoms with Crippen molar-refractivity contribution in [2.24, 2.45) is 4.99 Å². The molecule has 1 fully saturated rings. The summed E-state index contributed by atoms with van der Waals surface area (Å²) in [4.78, 5) is 9.65. The summed E-state index contributed by atoms with van der Waals surface area (Å²) in [5, 5.41) is 6.94.